The lowest BCUT2D eigenvalue weighted by Crippen LogP contribution is -1.89. The molecular formula is C13H16IN9O6. The Morgan fingerprint density at radius 3 is 1.52 bits per heavy atom. The molecule has 16 heteroatoms. The number of halogens is 1. The minimum Gasteiger partial charge on any atom is -0.358 e. The highest BCUT2D eigenvalue weighted by Gasteiger charge is 2.14. The summed E-state index contributed by atoms with van der Waals surface area (Å²) in [7, 11) is 0. The number of aryl methyl sites for hydroxylation is 4. The second-order valence-electron chi connectivity index (χ2n) is 5.34. The minimum atomic E-state index is -0.514. The molecule has 0 aliphatic heterocycles. The number of aromatic amines is 3. The van der Waals surface area contributed by atoms with Crippen molar-refractivity contribution in [1.29, 1.82) is 0 Å². The molecule has 0 spiro atoms. The van der Waals surface area contributed by atoms with Crippen LogP contribution in [-0.2, 0) is 0 Å². The van der Waals surface area contributed by atoms with E-state index in [1.54, 1.807) is 27.7 Å². The van der Waals surface area contributed by atoms with Crippen LogP contribution in [0.25, 0.3) is 0 Å². The molecule has 15 nitrogen and oxygen atoms in total. The maximum absolute atomic E-state index is 10.2. The molecule has 0 bridgehead atoms. The summed E-state index contributed by atoms with van der Waals surface area (Å²) in [6.45, 7) is 6.61. The van der Waals surface area contributed by atoms with Gasteiger partial charge in [0.05, 0.1) is 0 Å². The van der Waals surface area contributed by atoms with Crippen LogP contribution in [0, 0.1) is 61.7 Å². The number of H-pyrrole nitrogens is 3. The Hall–Kier alpha value is -3.44. The van der Waals surface area contributed by atoms with E-state index in [1.807, 2.05) is 22.6 Å². The molecule has 0 aliphatic carbocycles. The molecule has 3 aromatic heterocycles. The SMILES string of the molecule is Cc1nc(C)c([N+](=O)[O-])[nH]1.Cc1nc(I)c([N+](=O)[O-])[nH]1.Cc1ncc([N+](=O)[O-])[nH]1. The van der Waals surface area contributed by atoms with Crippen molar-refractivity contribution in [2.75, 3.05) is 0 Å². The van der Waals surface area contributed by atoms with E-state index in [9.17, 15) is 30.3 Å². The molecule has 3 aromatic rings. The van der Waals surface area contributed by atoms with Crippen molar-refractivity contribution in [3.63, 3.8) is 0 Å². The van der Waals surface area contributed by atoms with Crippen LogP contribution in [0.3, 0.4) is 0 Å². The van der Waals surface area contributed by atoms with Crippen LogP contribution in [0.4, 0.5) is 17.5 Å². The van der Waals surface area contributed by atoms with Crippen LogP contribution < -0.4 is 0 Å². The van der Waals surface area contributed by atoms with Crippen molar-refractivity contribution in [3.8, 4) is 0 Å². The molecule has 0 aliphatic rings. The van der Waals surface area contributed by atoms with Crippen molar-refractivity contribution in [2.45, 2.75) is 27.7 Å². The third-order valence-electron chi connectivity index (χ3n) is 2.99. The monoisotopic (exact) mass is 521 g/mol. The molecule has 0 fully saturated rings. The number of aromatic nitrogens is 6. The number of hydrogen-bond donors (Lipinski definition) is 3. The van der Waals surface area contributed by atoms with Gasteiger partial charge in [0.2, 0.25) is 0 Å². The van der Waals surface area contributed by atoms with Gasteiger partial charge in [-0.3, -0.25) is 0 Å². The number of imidazole rings is 3. The van der Waals surface area contributed by atoms with Gasteiger partial charge < -0.3 is 30.3 Å². The second-order valence-corrected chi connectivity index (χ2v) is 6.36. The third-order valence-corrected chi connectivity index (χ3v) is 3.74. The van der Waals surface area contributed by atoms with Gasteiger partial charge in [0, 0.05) is 20.8 Å². The fraction of sp³-hybridized carbons (Fsp3) is 0.308. The fourth-order valence-corrected chi connectivity index (χ4v) is 2.54. The van der Waals surface area contributed by atoms with E-state index in [-0.39, 0.29) is 17.5 Å². The average molecular weight is 521 g/mol. The predicted octanol–water partition coefficient (Wildman–Crippen LogP) is 2.79. The quantitative estimate of drug-likeness (QED) is 0.262. The molecule has 0 aromatic carbocycles. The summed E-state index contributed by atoms with van der Waals surface area (Å²) < 4.78 is 0.403. The Bertz CT molecular complexity index is 968. The van der Waals surface area contributed by atoms with Gasteiger partial charge in [-0.25, -0.2) is 24.9 Å². The van der Waals surface area contributed by atoms with Crippen LogP contribution in [0.15, 0.2) is 6.20 Å². The Balaban J connectivity index is 0.000000218. The van der Waals surface area contributed by atoms with Gasteiger partial charge in [-0.05, 0) is 44.3 Å². The molecule has 0 radical (unpaired) electrons. The molecule has 0 amide bonds. The molecule has 3 rings (SSSR count). The van der Waals surface area contributed by atoms with Gasteiger partial charge in [-0.15, -0.1) is 0 Å². The molecule has 3 heterocycles. The first-order chi connectivity index (χ1) is 13.4. The van der Waals surface area contributed by atoms with Crippen LogP contribution in [0.1, 0.15) is 23.2 Å². The second kappa shape index (κ2) is 10.2. The molecule has 29 heavy (non-hydrogen) atoms. The van der Waals surface area contributed by atoms with Gasteiger partial charge in [0.25, 0.3) is 0 Å². The summed E-state index contributed by atoms with van der Waals surface area (Å²) in [4.78, 5) is 47.6. The van der Waals surface area contributed by atoms with E-state index in [1.165, 1.54) is 6.20 Å². The summed E-state index contributed by atoms with van der Waals surface area (Å²) >= 11 is 1.81. The summed E-state index contributed by atoms with van der Waals surface area (Å²) in [6.07, 6.45) is 1.19. The van der Waals surface area contributed by atoms with E-state index < -0.39 is 14.8 Å². The molecule has 0 unspecified atom stereocenters. The standard InChI is InChI=1S/C5H7N3O2.C4H4IN3O2.C4H5N3O2/c1-3-5(8(9)10)7-4(2)6-3;1-2-6-3(5)4(7-2)8(9)10;1-3-5-2-4(6-3)7(8)9/h1-2H3,(H,6,7);1H3,(H,6,7);2H,1H3,(H,5,6). The lowest BCUT2D eigenvalue weighted by Gasteiger charge is -1.87. The number of rotatable bonds is 3. The van der Waals surface area contributed by atoms with Gasteiger partial charge in [-0.2, -0.15) is 4.98 Å². The van der Waals surface area contributed by atoms with Crippen molar-refractivity contribution in [3.05, 3.63) is 63.4 Å². The molecule has 0 atom stereocenters. The van der Waals surface area contributed by atoms with Crippen molar-refractivity contribution < 1.29 is 14.8 Å². The molecular weight excluding hydrogens is 505 g/mol. The molecule has 0 saturated heterocycles. The number of nitro groups is 3. The summed E-state index contributed by atoms with van der Waals surface area (Å²) in [5.74, 6) is 1.59. The van der Waals surface area contributed by atoms with Crippen molar-refractivity contribution in [1.82, 2.24) is 29.9 Å². The van der Waals surface area contributed by atoms with Crippen LogP contribution in [0.2, 0.25) is 0 Å². The zero-order valence-corrected chi connectivity index (χ0v) is 17.7. The largest absolute Gasteiger partial charge is 0.358 e. The normalized spacial score (nSPS) is 9.69. The number of hydrogen-bond acceptors (Lipinski definition) is 9. The van der Waals surface area contributed by atoms with E-state index in [2.05, 4.69) is 29.9 Å². The van der Waals surface area contributed by atoms with Gasteiger partial charge in [0.1, 0.15) is 11.9 Å². The Kier molecular flexibility index (Phi) is 8.30. The topological polar surface area (TPSA) is 215 Å². The molecule has 3 N–H and O–H groups in total. The van der Waals surface area contributed by atoms with E-state index in [4.69, 9.17) is 0 Å². The van der Waals surface area contributed by atoms with Crippen molar-refractivity contribution >= 4 is 40.0 Å². The maximum atomic E-state index is 10.2. The highest BCUT2D eigenvalue weighted by molar-refractivity contribution is 14.1. The van der Waals surface area contributed by atoms with Crippen LogP contribution in [0.5, 0.6) is 0 Å². The lowest BCUT2D eigenvalue weighted by molar-refractivity contribution is -0.390. The Morgan fingerprint density at radius 2 is 1.31 bits per heavy atom. The van der Waals surface area contributed by atoms with Gasteiger partial charge in [-0.1, -0.05) is 0 Å². The van der Waals surface area contributed by atoms with Crippen molar-refractivity contribution in [2.24, 2.45) is 0 Å². The Labute approximate surface area is 176 Å². The number of nitrogens with one attached hydrogen (secondary N) is 3. The highest BCUT2D eigenvalue weighted by Crippen LogP contribution is 2.16. The zero-order valence-electron chi connectivity index (χ0n) is 15.6. The predicted molar refractivity (Wildman–Crippen MR) is 107 cm³/mol. The van der Waals surface area contributed by atoms with E-state index >= 15 is 0 Å². The van der Waals surface area contributed by atoms with E-state index in [0.29, 0.717) is 26.9 Å². The third kappa shape index (κ3) is 7.24. The van der Waals surface area contributed by atoms with Gasteiger partial charge >= 0.3 is 17.5 Å². The zero-order chi connectivity index (χ0) is 22.3. The summed E-state index contributed by atoms with van der Waals surface area (Å²) in [5, 5.41) is 30.3. The van der Waals surface area contributed by atoms with E-state index in [0.717, 1.165) is 0 Å². The van der Waals surface area contributed by atoms with Crippen LogP contribution >= 0.6 is 22.6 Å². The average Bonchev–Trinajstić information content (AvgIpc) is 3.27. The van der Waals surface area contributed by atoms with Crippen LogP contribution in [-0.4, -0.2) is 44.7 Å². The molecule has 156 valence electrons. The first-order valence-electron chi connectivity index (χ1n) is 7.62. The maximum Gasteiger partial charge on any atom is 0.354 e. The number of nitrogens with zero attached hydrogens (tertiary/aromatic N) is 6. The van der Waals surface area contributed by atoms with Gasteiger partial charge in [0.15, 0.2) is 21.2 Å². The smallest absolute Gasteiger partial charge is 0.354 e. The first kappa shape index (κ1) is 23.6. The summed E-state index contributed by atoms with van der Waals surface area (Å²) in [5.41, 5.74) is 0.433. The molecule has 0 saturated carbocycles. The minimum absolute atomic E-state index is 0.0162. The Morgan fingerprint density at radius 1 is 0.793 bits per heavy atom. The highest BCUT2D eigenvalue weighted by atomic mass is 127. The lowest BCUT2D eigenvalue weighted by atomic mass is 10.5. The summed E-state index contributed by atoms with van der Waals surface area (Å²) in [6, 6.07) is 0. The fourth-order valence-electron chi connectivity index (χ4n) is 1.84. The first-order valence-corrected chi connectivity index (χ1v) is 8.70.